The van der Waals surface area contributed by atoms with Gasteiger partial charge in [-0.2, -0.15) is 10.2 Å². The van der Waals surface area contributed by atoms with Gasteiger partial charge >= 0.3 is 0 Å². The lowest BCUT2D eigenvalue weighted by Crippen LogP contribution is -2.35. The Morgan fingerprint density at radius 2 is 1.87 bits per heavy atom. The normalized spacial score (nSPS) is 11.9. The van der Waals surface area contributed by atoms with Crippen molar-refractivity contribution in [1.82, 2.24) is 24.7 Å². The van der Waals surface area contributed by atoms with Crippen molar-refractivity contribution in [3.05, 3.63) is 82.9 Å². The van der Waals surface area contributed by atoms with Gasteiger partial charge in [-0.05, 0) is 49.7 Å². The Kier molecular flexibility index (Phi) is 5.79. The lowest BCUT2D eigenvalue weighted by Gasteiger charge is -2.14. The number of aromatic nitrogens is 4. The van der Waals surface area contributed by atoms with E-state index in [-0.39, 0.29) is 24.1 Å². The summed E-state index contributed by atoms with van der Waals surface area (Å²) >= 11 is 0. The molecule has 4 aromatic rings. The van der Waals surface area contributed by atoms with Crippen LogP contribution < -0.4 is 15.6 Å². The molecule has 0 radical (unpaired) electrons. The number of rotatable bonds is 7. The van der Waals surface area contributed by atoms with Gasteiger partial charge in [0.05, 0.1) is 18.3 Å². The molecule has 31 heavy (non-hydrogen) atoms. The Morgan fingerprint density at radius 3 is 2.58 bits per heavy atom. The largest absolute Gasteiger partial charge is 0.494 e. The van der Waals surface area contributed by atoms with E-state index in [0.29, 0.717) is 17.8 Å². The Bertz CT molecular complexity index is 1250. The third-order valence-electron chi connectivity index (χ3n) is 4.92. The zero-order valence-corrected chi connectivity index (χ0v) is 17.4. The smallest absolute Gasteiger partial charge is 0.293 e. The molecule has 0 saturated carbocycles. The Balaban J connectivity index is 1.52. The number of fused-ring (bicyclic) bond motifs is 1. The van der Waals surface area contributed by atoms with Gasteiger partial charge in [0.2, 0.25) is 5.91 Å². The predicted octanol–water partition coefficient (Wildman–Crippen LogP) is 2.83. The number of benzene rings is 2. The van der Waals surface area contributed by atoms with E-state index in [1.165, 1.54) is 10.8 Å². The molecule has 1 amide bonds. The Hall–Kier alpha value is -3.94. The summed E-state index contributed by atoms with van der Waals surface area (Å²) in [5, 5.41) is 11.4. The summed E-state index contributed by atoms with van der Waals surface area (Å²) in [5.74, 6) is 0.483. The summed E-state index contributed by atoms with van der Waals surface area (Å²) in [4.78, 5) is 25.3. The second-order valence-electron chi connectivity index (χ2n) is 7.11. The second kappa shape index (κ2) is 8.83. The first-order chi connectivity index (χ1) is 15.0. The molecule has 0 fully saturated rings. The highest BCUT2D eigenvalue weighted by Crippen LogP contribution is 2.21. The van der Waals surface area contributed by atoms with Crippen LogP contribution in [-0.4, -0.2) is 31.9 Å². The van der Waals surface area contributed by atoms with Crippen LogP contribution in [0.2, 0.25) is 0 Å². The van der Waals surface area contributed by atoms with Crippen molar-refractivity contribution in [2.24, 2.45) is 0 Å². The molecule has 0 unspecified atom stereocenters. The maximum atomic E-state index is 12.8. The highest BCUT2D eigenvalue weighted by Gasteiger charge is 2.14. The molecule has 0 saturated heterocycles. The van der Waals surface area contributed by atoms with Crippen LogP contribution in [0.25, 0.3) is 16.8 Å². The quantitative estimate of drug-likeness (QED) is 0.499. The van der Waals surface area contributed by atoms with E-state index < -0.39 is 0 Å². The SMILES string of the molecule is CCOc1ccc(-c2cc3c(=O)n(CC(=O)N[C@H](C)c4ccccc4)ncn3n2)cc1. The monoisotopic (exact) mass is 417 g/mol. The van der Waals surface area contributed by atoms with Crippen LogP contribution in [0.15, 0.2) is 71.8 Å². The fourth-order valence-electron chi connectivity index (χ4n) is 3.33. The number of carbonyl (C=O) groups excluding carboxylic acids is 1. The number of carbonyl (C=O) groups is 1. The zero-order valence-electron chi connectivity index (χ0n) is 17.4. The molecule has 8 nitrogen and oxygen atoms in total. The predicted molar refractivity (Wildman–Crippen MR) is 117 cm³/mol. The number of hydrogen-bond donors (Lipinski definition) is 1. The van der Waals surface area contributed by atoms with Crippen molar-refractivity contribution in [3.63, 3.8) is 0 Å². The van der Waals surface area contributed by atoms with Crippen molar-refractivity contribution in [1.29, 1.82) is 0 Å². The second-order valence-corrected chi connectivity index (χ2v) is 7.11. The Labute approximate surface area is 179 Å². The molecule has 0 spiro atoms. The first kappa shape index (κ1) is 20.3. The fourth-order valence-corrected chi connectivity index (χ4v) is 3.33. The highest BCUT2D eigenvalue weighted by molar-refractivity contribution is 5.76. The molecule has 2 heterocycles. The molecule has 1 atom stereocenters. The minimum atomic E-state index is -0.380. The fraction of sp³-hybridized carbons (Fsp3) is 0.217. The van der Waals surface area contributed by atoms with Gasteiger partial charge in [-0.15, -0.1) is 0 Å². The summed E-state index contributed by atoms with van der Waals surface area (Å²) in [7, 11) is 0. The summed E-state index contributed by atoms with van der Waals surface area (Å²) in [6, 6.07) is 18.6. The van der Waals surface area contributed by atoms with Crippen LogP contribution >= 0.6 is 0 Å². The van der Waals surface area contributed by atoms with Gasteiger partial charge in [0.15, 0.2) is 0 Å². The van der Waals surface area contributed by atoms with Crippen LogP contribution in [-0.2, 0) is 11.3 Å². The number of hydrogen-bond acceptors (Lipinski definition) is 5. The van der Waals surface area contributed by atoms with Gasteiger partial charge in [-0.1, -0.05) is 30.3 Å². The maximum absolute atomic E-state index is 12.8. The van der Waals surface area contributed by atoms with Crippen LogP contribution in [0.1, 0.15) is 25.5 Å². The summed E-state index contributed by atoms with van der Waals surface area (Å²) in [6.45, 7) is 4.25. The van der Waals surface area contributed by atoms with Crippen LogP contribution in [0.3, 0.4) is 0 Å². The highest BCUT2D eigenvalue weighted by atomic mass is 16.5. The van der Waals surface area contributed by atoms with Gasteiger partial charge in [-0.3, -0.25) is 9.59 Å². The van der Waals surface area contributed by atoms with E-state index in [2.05, 4.69) is 15.5 Å². The summed E-state index contributed by atoms with van der Waals surface area (Å²) in [6.07, 6.45) is 1.43. The molecule has 8 heteroatoms. The molecule has 4 rings (SSSR count). The van der Waals surface area contributed by atoms with Gasteiger partial charge in [-0.25, -0.2) is 9.20 Å². The van der Waals surface area contributed by atoms with Gasteiger partial charge in [0.1, 0.15) is 24.1 Å². The van der Waals surface area contributed by atoms with Gasteiger partial charge in [0, 0.05) is 5.56 Å². The van der Waals surface area contributed by atoms with Crippen molar-refractivity contribution >= 4 is 11.4 Å². The summed E-state index contributed by atoms with van der Waals surface area (Å²) < 4.78 is 8.03. The zero-order chi connectivity index (χ0) is 21.8. The standard InChI is InChI=1S/C23H23N5O3/c1-3-31-19-11-9-18(10-12-19)20-13-21-23(30)27(24-15-28(21)26-20)14-22(29)25-16(2)17-7-5-4-6-8-17/h4-13,15-16H,3,14H2,1-2H3,(H,25,29)/t16-/m1/s1. The molecule has 0 bridgehead atoms. The number of amides is 1. The third kappa shape index (κ3) is 4.48. The number of ether oxygens (including phenoxy) is 1. The molecule has 158 valence electrons. The first-order valence-corrected chi connectivity index (χ1v) is 10.1. The molecule has 2 aromatic carbocycles. The van der Waals surface area contributed by atoms with E-state index in [1.54, 1.807) is 6.07 Å². The van der Waals surface area contributed by atoms with E-state index in [0.717, 1.165) is 21.6 Å². The molecule has 2 aromatic heterocycles. The molecular weight excluding hydrogens is 394 g/mol. The average molecular weight is 417 g/mol. The molecule has 0 aliphatic heterocycles. The van der Waals surface area contributed by atoms with E-state index >= 15 is 0 Å². The van der Waals surface area contributed by atoms with Crippen molar-refractivity contribution in [3.8, 4) is 17.0 Å². The van der Waals surface area contributed by atoms with E-state index in [9.17, 15) is 9.59 Å². The lowest BCUT2D eigenvalue weighted by molar-refractivity contribution is -0.122. The van der Waals surface area contributed by atoms with E-state index in [1.807, 2.05) is 68.4 Å². The van der Waals surface area contributed by atoms with Crippen molar-refractivity contribution in [2.75, 3.05) is 6.61 Å². The molecule has 0 aliphatic carbocycles. The minimum absolute atomic E-state index is 0.171. The van der Waals surface area contributed by atoms with Crippen molar-refractivity contribution in [2.45, 2.75) is 26.4 Å². The minimum Gasteiger partial charge on any atom is -0.494 e. The third-order valence-corrected chi connectivity index (χ3v) is 4.92. The lowest BCUT2D eigenvalue weighted by atomic mass is 10.1. The van der Waals surface area contributed by atoms with E-state index in [4.69, 9.17) is 4.74 Å². The molecule has 1 N–H and O–H groups in total. The molecule has 0 aliphatic rings. The van der Waals surface area contributed by atoms with Crippen molar-refractivity contribution < 1.29 is 9.53 Å². The van der Waals surface area contributed by atoms with Crippen LogP contribution in [0.5, 0.6) is 5.75 Å². The Morgan fingerprint density at radius 1 is 1.13 bits per heavy atom. The maximum Gasteiger partial charge on any atom is 0.293 e. The van der Waals surface area contributed by atoms with Gasteiger partial charge < -0.3 is 10.1 Å². The first-order valence-electron chi connectivity index (χ1n) is 10.1. The average Bonchev–Trinajstić information content (AvgIpc) is 3.22. The topological polar surface area (TPSA) is 90.5 Å². The van der Waals surface area contributed by atoms with Crippen LogP contribution in [0, 0.1) is 0 Å². The number of nitrogens with zero attached hydrogens (tertiary/aromatic N) is 4. The van der Waals surface area contributed by atoms with Gasteiger partial charge in [0.25, 0.3) is 5.56 Å². The van der Waals surface area contributed by atoms with Crippen LogP contribution in [0.4, 0.5) is 0 Å². The number of nitrogens with one attached hydrogen (secondary N) is 1. The molecular formula is C23H23N5O3. The summed E-state index contributed by atoms with van der Waals surface area (Å²) in [5.41, 5.74) is 2.45.